The molecule has 5 nitrogen and oxygen atoms in total. The third kappa shape index (κ3) is 1.81. The third-order valence-corrected chi connectivity index (χ3v) is 5.82. The van der Waals surface area contributed by atoms with E-state index in [-0.39, 0.29) is 6.73 Å². The highest BCUT2D eigenvalue weighted by Crippen LogP contribution is 2.48. The smallest absolute Gasteiger partial charge is 0.388 e. The molecule has 3 aromatic rings. The van der Waals surface area contributed by atoms with E-state index in [1.54, 1.807) is 12.1 Å². The molecular weight excluding hydrogens is 326 g/mol. The third-order valence-electron chi connectivity index (χ3n) is 4.54. The predicted octanol–water partition coefficient (Wildman–Crippen LogP) is 3.22. The van der Waals surface area contributed by atoms with Crippen molar-refractivity contribution in [3.8, 4) is 11.5 Å². The average molecular weight is 339 g/mol. The number of fused-ring (bicyclic) bond motifs is 7. The Kier molecular flexibility index (Phi) is 2.72. The molecule has 120 valence electrons. The molecule has 2 heterocycles. The molecule has 2 aliphatic rings. The quantitative estimate of drug-likeness (QED) is 0.631. The molecule has 1 atom stereocenters. The Labute approximate surface area is 139 Å². The Morgan fingerprint density at radius 2 is 1.71 bits per heavy atom. The van der Waals surface area contributed by atoms with Crippen molar-refractivity contribution in [2.75, 3.05) is 6.73 Å². The van der Waals surface area contributed by atoms with Gasteiger partial charge in [-0.1, -0.05) is 48.5 Å². The standard InChI is InChI=1S/C18H13NO4S/c20-24(21)19-11-22-16-10-9-12-5-1-2-6-13(12)17(16)18(19)14-7-3-4-8-15(14)23-24/h1-10,18H,11H2/t18-/m1/s1. The average Bonchev–Trinajstić information content (AvgIpc) is 2.60. The molecule has 0 fully saturated rings. The lowest BCUT2D eigenvalue weighted by Gasteiger charge is -2.39. The van der Waals surface area contributed by atoms with Gasteiger partial charge in [0.1, 0.15) is 11.5 Å². The van der Waals surface area contributed by atoms with Crippen LogP contribution in [0.1, 0.15) is 17.2 Å². The molecule has 0 bridgehead atoms. The molecule has 0 saturated heterocycles. The minimum atomic E-state index is -3.90. The Hall–Kier alpha value is -2.57. The zero-order valence-electron chi connectivity index (χ0n) is 12.5. The van der Waals surface area contributed by atoms with Gasteiger partial charge in [0.2, 0.25) is 0 Å². The maximum Gasteiger partial charge on any atom is 0.388 e. The number of ether oxygens (including phenoxy) is 1. The van der Waals surface area contributed by atoms with Crippen LogP contribution in [0.15, 0.2) is 60.7 Å². The summed E-state index contributed by atoms with van der Waals surface area (Å²) >= 11 is 0. The van der Waals surface area contributed by atoms with Gasteiger partial charge in [-0.25, -0.2) is 0 Å². The van der Waals surface area contributed by atoms with E-state index in [1.807, 2.05) is 48.5 Å². The fraction of sp³-hybridized carbons (Fsp3) is 0.111. The minimum Gasteiger partial charge on any atom is -0.477 e. The summed E-state index contributed by atoms with van der Waals surface area (Å²) in [7, 11) is -3.90. The van der Waals surface area contributed by atoms with Crippen molar-refractivity contribution in [2.45, 2.75) is 6.04 Å². The second kappa shape index (κ2) is 4.72. The number of rotatable bonds is 0. The molecule has 24 heavy (non-hydrogen) atoms. The van der Waals surface area contributed by atoms with Crippen LogP contribution >= 0.6 is 0 Å². The summed E-state index contributed by atoms with van der Waals surface area (Å²) in [6, 6.07) is 18.6. The van der Waals surface area contributed by atoms with Gasteiger partial charge in [0.25, 0.3) is 0 Å². The summed E-state index contributed by atoms with van der Waals surface area (Å²) in [4.78, 5) is 0. The first-order valence-corrected chi connectivity index (χ1v) is 8.96. The maximum absolute atomic E-state index is 12.5. The highest BCUT2D eigenvalue weighted by molar-refractivity contribution is 7.84. The van der Waals surface area contributed by atoms with Crippen molar-refractivity contribution >= 4 is 21.1 Å². The zero-order valence-corrected chi connectivity index (χ0v) is 13.4. The molecule has 0 spiro atoms. The number of hydrogen-bond acceptors (Lipinski definition) is 4. The maximum atomic E-state index is 12.5. The summed E-state index contributed by atoms with van der Waals surface area (Å²) < 4.78 is 37.3. The van der Waals surface area contributed by atoms with E-state index >= 15 is 0 Å². The second-order valence-corrected chi connectivity index (χ2v) is 7.33. The van der Waals surface area contributed by atoms with Crippen LogP contribution in [0.2, 0.25) is 0 Å². The van der Waals surface area contributed by atoms with Crippen LogP contribution in [0, 0.1) is 0 Å². The fourth-order valence-electron chi connectivity index (χ4n) is 3.48. The molecule has 0 aromatic heterocycles. The summed E-state index contributed by atoms with van der Waals surface area (Å²) in [5, 5.41) is 2.03. The fourth-order valence-corrected chi connectivity index (χ4v) is 4.62. The second-order valence-electron chi connectivity index (χ2n) is 5.84. The van der Waals surface area contributed by atoms with E-state index in [4.69, 9.17) is 8.92 Å². The van der Waals surface area contributed by atoms with Crippen molar-refractivity contribution in [3.05, 3.63) is 71.8 Å². The Morgan fingerprint density at radius 3 is 2.62 bits per heavy atom. The SMILES string of the molecule is O=S1(=O)Oc2ccccc2[C@@H]2c3c(ccc4ccccc34)OCN21. The van der Waals surface area contributed by atoms with Gasteiger partial charge < -0.3 is 8.92 Å². The molecule has 0 amide bonds. The van der Waals surface area contributed by atoms with E-state index in [0.29, 0.717) is 11.5 Å². The molecule has 6 heteroatoms. The van der Waals surface area contributed by atoms with Gasteiger partial charge in [-0.2, -0.15) is 8.42 Å². The molecule has 2 aliphatic heterocycles. The summed E-state index contributed by atoms with van der Waals surface area (Å²) in [6.45, 7) is -0.0628. The molecule has 3 aromatic carbocycles. The van der Waals surface area contributed by atoms with Crippen molar-refractivity contribution in [3.63, 3.8) is 0 Å². The molecule has 5 rings (SSSR count). The summed E-state index contributed by atoms with van der Waals surface area (Å²) in [6.07, 6.45) is 0. The van der Waals surface area contributed by atoms with Crippen molar-refractivity contribution < 1.29 is 17.3 Å². The van der Waals surface area contributed by atoms with Crippen LogP contribution in [0.25, 0.3) is 10.8 Å². The highest BCUT2D eigenvalue weighted by atomic mass is 32.2. The van der Waals surface area contributed by atoms with Gasteiger partial charge in [-0.3, -0.25) is 0 Å². The lowest BCUT2D eigenvalue weighted by atomic mass is 9.91. The summed E-state index contributed by atoms with van der Waals surface area (Å²) in [5.74, 6) is 1.08. The van der Waals surface area contributed by atoms with Gasteiger partial charge in [-0.05, 0) is 22.9 Å². The van der Waals surface area contributed by atoms with Crippen LogP contribution in [0.4, 0.5) is 0 Å². The Balaban J connectivity index is 1.88. The van der Waals surface area contributed by atoms with E-state index in [0.717, 1.165) is 21.9 Å². The van der Waals surface area contributed by atoms with Gasteiger partial charge in [0, 0.05) is 11.1 Å². The number of hydrogen-bond donors (Lipinski definition) is 0. The molecule has 0 aliphatic carbocycles. The largest absolute Gasteiger partial charge is 0.477 e. The van der Waals surface area contributed by atoms with Gasteiger partial charge in [0.05, 0.1) is 6.04 Å². The van der Waals surface area contributed by atoms with Gasteiger partial charge >= 0.3 is 10.3 Å². The van der Waals surface area contributed by atoms with E-state index in [2.05, 4.69) is 0 Å². The van der Waals surface area contributed by atoms with Crippen LogP contribution in [0.5, 0.6) is 11.5 Å². The van der Waals surface area contributed by atoms with Crippen LogP contribution in [-0.2, 0) is 10.3 Å². The zero-order chi connectivity index (χ0) is 16.3. The molecule has 0 unspecified atom stereocenters. The Morgan fingerprint density at radius 1 is 0.917 bits per heavy atom. The first-order chi connectivity index (χ1) is 11.6. The molecule has 0 radical (unpaired) electrons. The summed E-state index contributed by atoms with van der Waals surface area (Å²) in [5.41, 5.74) is 1.69. The highest BCUT2D eigenvalue weighted by Gasteiger charge is 2.45. The van der Waals surface area contributed by atoms with Crippen LogP contribution in [0.3, 0.4) is 0 Å². The van der Waals surface area contributed by atoms with Crippen LogP contribution < -0.4 is 8.92 Å². The first kappa shape index (κ1) is 13.8. The molecule has 0 N–H and O–H groups in total. The van der Waals surface area contributed by atoms with E-state index < -0.39 is 16.3 Å². The van der Waals surface area contributed by atoms with E-state index in [1.165, 1.54) is 4.31 Å². The van der Waals surface area contributed by atoms with E-state index in [9.17, 15) is 8.42 Å². The Bertz CT molecular complexity index is 1080. The van der Waals surface area contributed by atoms with Crippen molar-refractivity contribution in [1.82, 2.24) is 4.31 Å². The number of para-hydroxylation sites is 1. The van der Waals surface area contributed by atoms with Crippen molar-refractivity contribution in [2.24, 2.45) is 0 Å². The number of nitrogens with zero attached hydrogens (tertiary/aromatic N) is 1. The molecular formula is C18H13NO4S. The minimum absolute atomic E-state index is 0.0628. The van der Waals surface area contributed by atoms with Crippen LogP contribution in [-0.4, -0.2) is 19.5 Å². The van der Waals surface area contributed by atoms with Gasteiger partial charge in [-0.15, -0.1) is 4.31 Å². The molecule has 0 saturated carbocycles. The van der Waals surface area contributed by atoms with Gasteiger partial charge in [0.15, 0.2) is 6.73 Å². The van der Waals surface area contributed by atoms with Crippen molar-refractivity contribution in [1.29, 1.82) is 0 Å². The predicted molar refractivity (Wildman–Crippen MR) is 89.1 cm³/mol. The topological polar surface area (TPSA) is 55.8 Å². The normalized spacial score (nSPS) is 21.1. The lowest BCUT2D eigenvalue weighted by Crippen LogP contribution is -2.46. The number of benzene rings is 3. The lowest BCUT2D eigenvalue weighted by molar-refractivity contribution is 0.133. The first-order valence-electron chi connectivity index (χ1n) is 7.60. The monoisotopic (exact) mass is 339 g/mol.